The zero-order chi connectivity index (χ0) is 13.7. The number of hydrogen-bond acceptors (Lipinski definition) is 3. The summed E-state index contributed by atoms with van der Waals surface area (Å²) in [4.78, 5) is 22.9. The molecule has 0 radical (unpaired) electrons. The van der Waals surface area contributed by atoms with E-state index in [1.54, 1.807) is 32.0 Å². The van der Waals surface area contributed by atoms with Crippen molar-refractivity contribution in [2.75, 3.05) is 0 Å². The molecule has 4 N–H and O–H groups in total. The lowest BCUT2D eigenvalue weighted by atomic mass is 10.0. The van der Waals surface area contributed by atoms with Crippen molar-refractivity contribution in [3.8, 4) is 0 Å². The summed E-state index contributed by atoms with van der Waals surface area (Å²) < 4.78 is 0. The molecule has 1 amide bonds. The van der Waals surface area contributed by atoms with E-state index < -0.39 is 17.9 Å². The Kier molecular flexibility index (Phi) is 4.85. The van der Waals surface area contributed by atoms with Gasteiger partial charge in [0.1, 0.15) is 6.04 Å². The van der Waals surface area contributed by atoms with Gasteiger partial charge in [0.25, 0.3) is 5.91 Å². The van der Waals surface area contributed by atoms with Gasteiger partial charge in [-0.25, -0.2) is 4.79 Å². The molecular weight excluding hydrogens is 232 g/mol. The van der Waals surface area contributed by atoms with E-state index in [-0.39, 0.29) is 5.92 Å². The van der Waals surface area contributed by atoms with Gasteiger partial charge < -0.3 is 16.2 Å². The van der Waals surface area contributed by atoms with Crippen molar-refractivity contribution in [1.82, 2.24) is 5.32 Å². The predicted molar refractivity (Wildman–Crippen MR) is 68.1 cm³/mol. The minimum atomic E-state index is -1.03. The first-order chi connectivity index (χ1) is 8.45. The van der Waals surface area contributed by atoms with Crippen LogP contribution in [0, 0.1) is 5.92 Å². The van der Waals surface area contributed by atoms with Crippen LogP contribution in [-0.4, -0.2) is 23.0 Å². The molecule has 0 spiro atoms. The maximum Gasteiger partial charge on any atom is 0.326 e. The zero-order valence-electron chi connectivity index (χ0n) is 10.5. The molecule has 0 saturated heterocycles. The molecule has 0 heterocycles. The fourth-order valence-corrected chi connectivity index (χ4v) is 1.58. The average Bonchev–Trinajstić information content (AvgIpc) is 2.34. The normalized spacial score (nSPS) is 12.2. The number of rotatable bonds is 5. The van der Waals surface area contributed by atoms with Crippen LogP contribution in [0.25, 0.3) is 0 Å². The number of carboxylic acid groups (broad SMARTS) is 1. The molecule has 0 fully saturated rings. The van der Waals surface area contributed by atoms with Crippen molar-refractivity contribution in [1.29, 1.82) is 0 Å². The Hall–Kier alpha value is -1.88. The summed E-state index contributed by atoms with van der Waals surface area (Å²) in [6, 6.07) is 5.94. The third-order valence-electron chi connectivity index (χ3n) is 2.64. The van der Waals surface area contributed by atoms with E-state index in [0.29, 0.717) is 12.1 Å². The number of carboxylic acids is 1. The lowest BCUT2D eigenvalue weighted by Gasteiger charge is -2.18. The van der Waals surface area contributed by atoms with E-state index in [0.717, 1.165) is 5.56 Å². The van der Waals surface area contributed by atoms with E-state index in [4.69, 9.17) is 10.8 Å². The van der Waals surface area contributed by atoms with Crippen molar-refractivity contribution < 1.29 is 14.7 Å². The van der Waals surface area contributed by atoms with E-state index in [1.807, 2.05) is 6.07 Å². The lowest BCUT2D eigenvalue weighted by molar-refractivity contribution is -0.140. The van der Waals surface area contributed by atoms with Crippen LogP contribution < -0.4 is 11.1 Å². The number of nitrogens with one attached hydrogen (secondary N) is 1. The fraction of sp³-hybridized carbons (Fsp3) is 0.385. The molecule has 5 nitrogen and oxygen atoms in total. The molecule has 1 unspecified atom stereocenters. The topological polar surface area (TPSA) is 92.4 Å². The summed E-state index contributed by atoms with van der Waals surface area (Å²) in [7, 11) is 0. The molecule has 1 aromatic rings. The molecular formula is C13H18N2O3. The van der Waals surface area contributed by atoms with E-state index in [1.165, 1.54) is 0 Å². The second-order valence-electron chi connectivity index (χ2n) is 4.44. The van der Waals surface area contributed by atoms with E-state index >= 15 is 0 Å². The Bertz CT molecular complexity index is 444. The van der Waals surface area contributed by atoms with Crippen LogP contribution in [0.4, 0.5) is 0 Å². The van der Waals surface area contributed by atoms with Crippen LogP contribution in [-0.2, 0) is 11.3 Å². The third kappa shape index (κ3) is 3.56. The fourth-order valence-electron chi connectivity index (χ4n) is 1.58. The summed E-state index contributed by atoms with van der Waals surface area (Å²) >= 11 is 0. The average molecular weight is 250 g/mol. The molecule has 0 bridgehead atoms. The monoisotopic (exact) mass is 250 g/mol. The molecule has 1 rings (SSSR count). The van der Waals surface area contributed by atoms with Crippen molar-refractivity contribution in [2.24, 2.45) is 11.7 Å². The van der Waals surface area contributed by atoms with Gasteiger partial charge in [0.2, 0.25) is 0 Å². The van der Waals surface area contributed by atoms with Crippen LogP contribution >= 0.6 is 0 Å². The van der Waals surface area contributed by atoms with Gasteiger partial charge >= 0.3 is 5.97 Å². The molecule has 0 aliphatic rings. The van der Waals surface area contributed by atoms with Crippen LogP contribution in [0.1, 0.15) is 29.8 Å². The summed E-state index contributed by atoms with van der Waals surface area (Å²) in [5.74, 6) is -1.61. The number of carbonyl (C=O) groups excluding carboxylic acids is 1. The van der Waals surface area contributed by atoms with E-state index in [9.17, 15) is 9.59 Å². The Morgan fingerprint density at radius 2 is 2.06 bits per heavy atom. The molecule has 0 saturated carbocycles. The molecule has 5 heteroatoms. The highest BCUT2D eigenvalue weighted by Crippen LogP contribution is 2.07. The summed E-state index contributed by atoms with van der Waals surface area (Å²) in [5, 5.41) is 11.5. The number of carbonyl (C=O) groups is 2. The number of hydrogen-bond donors (Lipinski definition) is 3. The second kappa shape index (κ2) is 6.16. The summed E-state index contributed by atoms with van der Waals surface area (Å²) in [5.41, 5.74) is 6.74. The number of amides is 1. The molecule has 1 aromatic carbocycles. The first kappa shape index (κ1) is 14.2. The Morgan fingerprint density at radius 1 is 1.39 bits per heavy atom. The van der Waals surface area contributed by atoms with Crippen LogP contribution in [0.15, 0.2) is 24.3 Å². The van der Waals surface area contributed by atoms with Gasteiger partial charge in [0, 0.05) is 12.1 Å². The first-order valence-corrected chi connectivity index (χ1v) is 5.78. The molecule has 18 heavy (non-hydrogen) atoms. The van der Waals surface area contributed by atoms with Crippen molar-refractivity contribution in [3.63, 3.8) is 0 Å². The van der Waals surface area contributed by atoms with Crippen molar-refractivity contribution >= 4 is 11.9 Å². The van der Waals surface area contributed by atoms with Gasteiger partial charge in [-0.15, -0.1) is 0 Å². The largest absolute Gasteiger partial charge is 0.480 e. The smallest absolute Gasteiger partial charge is 0.326 e. The van der Waals surface area contributed by atoms with Crippen molar-refractivity contribution in [3.05, 3.63) is 35.4 Å². The minimum absolute atomic E-state index is 0.177. The lowest BCUT2D eigenvalue weighted by Crippen LogP contribution is -2.44. The molecule has 98 valence electrons. The van der Waals surface area contributed by atoms with Crippen LogP contribution in [0.3, 0.4) is 0 Å². The molecule has 0 aromatic heterocycles. The third-order valence-corrected chi connectivity index (χ3v) is 2.64. The Balaban J connectivity index is 2.83. The standard InChI is InChI=1S/C13H18N2O3/c1-8(2)11(13(17)18)15-12(16)10-5-3-4-9(6-10)7-14/h3-6,8,11H,7,14H2,1-2H3,(H,15,16)(H,17,18). The number of aliphatic carboxylic acids is 1. The van der Waals surface area contributed by atoms with Gasteiger partial charge in [-0.2, -0.15) is 0 Å². The maximum absolute atomic E-state index is 11.9. The summed E-state index contributed by atoms with van der Waals surface area (Å²) in [6.07, 6.45) is 0. The molecule has 1 atom stereocenters. The van der Waals surface area contributed by atoms with Gasteiger partial charge in [-0.05, 0) is 23.6 Å². The molecule has 0 aliphatic heterocycles. The molecule has 0 aliphatic carbocycles. The second-order valence-corrected chi connectivity index (χ2v) is 4.44. The van der Waals surface area contributed by atoms with E-state index in [2.05, 4.69) is 5.32 Å². The highest BCUT2D eigenvalue weighted by molar-refractivity contribution is 5.96. The van der Waals surface area contributed by atoms with Gasteiger partial charge in [0.05, 0.1) is 0 Å². The zero-order valence-corrected chi connectivity index (χ0v) is 10.5. The van der Waals surface area contributed by atoms with Crippen molar-refractivity contribution in [2.45, 2.75) is 26.4 Å². The highest BCUT2D eigenvalue weighted by Gasteiger charge is 2.23. The van der Waals surface area contributed by atoms with Crippen LogP contribution in [0.2, 0.25) is 0 Å². The summed E-state index contributed by atoms with van der Waals surface area (Å²) in [6.45, 7) is 3.83. The van der Waals surface area contributed by atoms with Crippen LogP contribution in [0.5, 0.6) is 0 Å². The maximum atomic E-state index is 11.9. The number of nitrogens with two attached hydrogens (primary N) is 1. The first-order valence-electron chi connectivity index (χ1n) is 5.78. The quantitative estimate of drug-likeness (QED) is 0.726. The minimum Gasteiger partial charge on any atom is -0.480 e. The van der Waals surface area contributed by atoms with Gasteiger partial charge in [0.15, 0.2) is 0 Å². The van der Waals surface area contributed by atoms with Gasteiger partial charge in [-0.3, -0.25) is 4.79 Å². The number of benzene rings is 1. The SMILES string of the molecule is CC(C)C(NC(=O)c1cccc(CN)c1)C(=O)O. The Morgan fingerprint density at radius 3 is 2.56 bits per heavy atom. The van der Waals surface area contributed by atoms with Gasteiger partial charge in [-0.1, -0.05) is 26.0 Å². The predicted octanol–water partition coefficient (Wildman–Crippen LogP) is 0.984. The highest BCUT2D eigenvalue weighted by atomic mass is 16.4. The Labute approximate surface area is 106 Å².